The first-order valence-corrected chi connectivity index (χ1v) is 11.1. The molecule has 0 saturated carbocycles. The van der Waals surface area contributed by atoms with Crippen molar-refractivity contribution in [2.45, 2.75) is 19.8 Å². The highest BCUT2D eigenvalue weighted by Crippen LogP contribution is 2.32. The molecule has 0 fully saturated rings. The third kappa shape index (κ3) is 4.25. The van der Waals surface area contributed by atoms with E-state index in [1.807, 2.05) is 43.5 Å². The Morgan fingerprint density at radius 1 is 1.06 bits per heavy atom. The summed E-state index contributed by atoms with van der Waals surface area (Å²) in [6.07, 6.45) is 6.91. The second-order valence-corrected chi connectivity index (χ2v) is 8.50. The molecule has 0 atom stereocenters. The van der Waals surface area contributed by atoms with Gasteiger partial charge in [0.2, 0.25) is 0 Å². The largest absolute Gasteiger partial charge is 0.457 e. The van der Waals surface area contributed by atoms with Gasteiger partial charge in [0.1, 0.15) is 34.8 Å². The number of rotatable bonds is 8. The van der Waals surface area contributed by atoms with Gasteiger partial charge in [-0.15, -0.1) is 11.3 Å². The van der Waals surface area contributed by atoms with Crippen molar-refractivity contribution in [3.05, 3.63) is 65.7 Å². The Bertz CT molecular complexity index is 1380. The van der Waals surface area contributed by atoms with Gasteiger partial charge in [0.25, 0.3) is 0 Å². The molecule has 32 heavy (non-hydrogen) atoms. The smallest absolute Gasteiger partial charge is 0.158 e. The Morgan fingerprint density at radius 2 is 2.00 bits per heavy atom. The van der Waals surface area contributed by atoms with E-state index < -0.39 is 0 Å². The predicted octanol–water partition coefficient (Wildman–Crippen LogP) is 5.16. The van der Waals surface area contributed by atoms with Gasteiger partial charge in [-0.3, -0.25) is 0 Å². The summed E-state index contributed by atoms with van der Waals surface area (Å²) in [6, 6.07) is 11.9. The van der Waals surface area contributed by atoms with Crippen LogP contribution in [0.4, 0.5) is 11.5 Å². The molecule has 1 aromatic carbocycles. The predicted molar refractivity (Wildman–Crippen MR) is 125 cm³/mol. The average molecular weight is 447 g/mol. The van der Waals surface area contributed by atoms with Gasteiger partial charge >= 0.3 is 0 Å². The highest BCUT2D eigenvalue weighted by atomic mass is 32.1. The van der Waals surface area contributed by atoms with Crippen molar-refractivity contribution in [2.24, 2.45) is 0 Å². The highest BCUT2D eigenvalue weighted by Gasteiger charge is 2.11. The summed E-state index contributed by atoms with van der Waals surface area (Å²) in [4.78, 5) is 15.4. The summed E-state index contributed by atoms with van der Waals surface area (Å²) in [5.41, 5.74) is 2.69. The maximum Gasteiger partial charge on any atom is 0.158 e. The molecule has 0 radical (unpaired) electrons. The van der Waals surface area contributed by atoms with E-state index in [0.29, 0.717) is 5.75 Å². The molecule has 0 saturated heterocycles. The molecule has 4 aromatic heterocycles. The van der Waals surface area contributed by atoms with E-state index >= 15 is 0 Å². The molecule has 5 rings (SSSR count). The van der Waals surface area contributed by atoms with Gasteiger partial charge in [0, 0.05) is 36.5 Å². The van der Waals surface area contributed by atoms with Gasteiger partial charge in [-0.2, -0.15) is 5.10 Å². The van der Waals surface area contributed by atoms with E-state index in [0.717, 1.165) is 58.1 Å². The zero-order valence-corrected chi connectivity index (χ0v) is 18.6. The molecular weight excluding hydrogens is 424 g/mol. The minimum Gasteiger partial charge on any atom is -0.457 e. The molecule has 0 aliphatic rings. The molecule has 0 bridgehead atoms. The Labute approximate surface area is 188 Å². The second kappa shape index (κ2) is 8.89. The van der Waals surface area contributed by atoms with Crippen molar-refractivity contribution in [3.63, 3.8) is 0 Å². The molecule has 4 heterocycles. The maximum atomic E-state index is 6.07. The lowest BCUT2D eigenvalue weighted by Gasteiger charge is -2.12. The second-order valence-electron chi connectivity index (χ2n) is 7.38. The number of thiophene rings is 1. The van der Waals surface area contributed by atoms with Gasteiger partial charge in [-0.25, -0.2) is 19.5 Å². The zero-order chi connectivity index (χ0) is 21.9. The molecule has 0 aliphatic carbocycles. The van der Waals surface area contributed by atoms with Crippen LogP contribution >= 0.6 is 11.3 Å². The van der Waals surface area contributed by atoms with Crippen LogP contribution in [-0.2, 0) is 11.2 Å². The number of aryl methyl sites for hydroxylation is 2. The van der Waals surface area contributed by atoms with Crippen molar-refractivity contribution in [3.8, 4) is 11.5 Å². The lowest BCUT2D eigenvalue weighted by atomic mass is 10.2. The lowest BCUT2D eigenvalue weighted by molar-refractivity contribution is 0.195. The van der Waals surface area contributed by atoms with E-state index in [-0.39, 0.29) is 0 Å². The zero-order valence-electron chi connectivity index (χ0n) is 17.8. The van der Waals surface area contributed by atoms with E-state index in [4.69, 9.17) is 9.47 Å². The first-order chi connectivity index (χ1) is 15.7. The lowest BCUT2D eigenvalue weighted by Crippen LogP contribution is -1.96. The molecule has 0 amide bonds. The monoisotopic (exact) mass is 446 g/mol. The van der Waals surface area contributed by atoms with Crippen LogP contribution in [0.3, 0.4) is 0 Å². The minimum atomic E-state index is 0.714. The van der Waals surface area contributed by atoms with Crippen molar-refractivity contribution in [2.75, 3.05) is 19.0 Å². The third-order valence-corrected chi connectivity index (χ3v) is 6.17. The Balaban J connectivity index is 1.34. The molecule has 9 heteroatoms. The number of benzene rings is 1. The fraction of sp³-hybridized carbons (Fsp3) is 0.217. The van der Waals surface area contributed by atoms with Crippen LogP contribution in [0.15, 0.2) is 55.2 Å². The SMILES string of the molecule is COCCCc1cc2c(Nc3ccc(Oc4ccn5ncnc5c4)c(C)c3)ncnc2s1. The van der Waals surface area contributed by atoms with Gasteiger partial charge in [-0.1, -0.05) is 0 Å². The summed E-state index contributed by atoms with van der Waals surface area (Å²) in [5, 5.41) is 8.57. The fourth-order valence-corrected chi connectivity index (χ4v) is 4.52. The summed E-state index contributed by atoms with van der Waals surface area (Å²) in [6.45, 7) is 2.77. The number of nitrogens with zero attached hydrogens (tertiary/aromatic N) is 5. The highest BCUT2D eigenvalue weighted by molar-refractivity contribution is 7.18. The van der Waals surface area contributed by atoms with Gasteiger partial charge in [-0.05, 0) is 55.7 Å². The van der Waals surface area contributed by atoms with Crippen LogP contribution < -0.4 is 10.1 Å². The van der Waals surface area contributed by atoms with E-state index in [9.17, 15) is 0 Å². The van der Waals surface area contributed by atoms with Crippen molar-refractivity contribution in [1.82, 2.24) is 24.6 Å². The number of fused-ring (bicyclic) bond motifs is 2. The number of hydrogen-bond acceptors (Lipinski definition) is 8. The molecule has 0 aliphatic heterocycles. The molecule has 1 N–H and O–H groups in total. The first kappa shape index (κ1) is 20.3. The standard InChI is InChI=1S/C23H22N6O2S/c1-15-10-16(5-6-20(15)31-17-7-8-29-21(11-17)24-14-27-29)28-22-19-12-18(4-3-9-30-2)32-23(19)26-13-25-22/h5-8,10-14H,3-4,9H2,1-2H3,(H,25,26,28). The van der Waals surface area contributed by atoms with Crippen molar-refractivity contribution >= 4 is 38.7 Å². The summed E-state index contributed by atoms with van der Waals surface area (Å²) in [7, 11) is 1.73. The molecule has 0 spiro atoms. The molecular formula is C23H22N6O2S. The van der Waals surface area contributed by atoms with E-state index in [1.54, 1.807) is 29.3 Å². The molecule has 5 aromatic rings. The number of ether oxygens (including phenoxy) is 2. The van der Waals surface area contributed by atoms with Gasteiger partial charge in [0.05, 0.1) is 5.39 Å². The number of methoxy groups -OCH3 is 1. The summed E-state index contributed by atoms with van der Waals surface area (Å²) >= 11 is 1.70. The van der Waals surface area contributed by atoms with Crippen molar-refractivity contribution < 1.29 is 9.47 Å². The van der Waals surface area contributed by atoms with E-state index in [1.165, 1.54) is 11.2 Å². The van der Waals surface area contributed by atoms with Crippen LogP contribution in [0, 0.1) is 6.92 Å². The summed E-state index contributed by atoms with van der Waals surface area (Å²) < 4.78 is 12.9. The van der Waals surface area contributed by atoms with Gasteiger partial charge < -0.3 is 14.8 Å². The Hall–Kier alpha value is -3.56. The minimum absolute atomic E-state index is 0.714. The van der Waals surface area contributed by atoms with Gasteiger partial charge in [0.15, 0.2) is 5.65 Å². The summed E-state index contributed by atoms with van der Waals surface area (Å²) in [5.74, 6) is 2.30. The first-order valence-electron chi connectivity index (χ1n) is 10.3. The number of anilines is 2. The molecule has 0 unspecified atom stereocenters. The number of aromatic nitrogens is 5. The number of nitrogens with one attached hydrogen (secondary N) is 1. The normalized spacial score (nSPS) is 11.3. The number of pyridine rings is 1. The molecule has 8 nitrogen and oxygen atoms in total. The Morgan fingerprint density at radius 3 is 2.88 bits per heavy atom. The van der Waals surface area contributed by atoms with Crippen LogP contribution in [-0.4, -0.2) is 38.3 Å². The quantitative estimate of drug-likeness (QED) is 0.330. The van der Waals surface area contributed by atoms with Crippen LogP contribution in [0.2, 0.25) is 0 Å². The van der Waals surface area contributed by atoms with E-state index in [2.05, 4.69) is 31.4 Å². The van der Waals surface area contributed by atoms with Crippen LogP contribution in [0.5, 0.6) is 11.5 Å². The fourth-order valence-electron chi connectivity index (χ4n) is 3.48. The topological polar surface area (TPSA) is 86.5 Å². The third-order valence-electron chi connectivity index (χ3n) is 5.07. The number of hydrogen-bond donors (Lipinski definition) is 1. The average Bonchev–Trinajstić information content (AvgIpc) is 3.42. The van der Waals surface area contributed by atoms with Crippen LogP contribution in [0.25, 0.3) is 15.9 Å². The van der Waals surface area contributed by atoms with Crippen molar-refractivity contribution in [1.29, 1.82) is 0 Å². The Kier molecular flexibility index (Phi) is 5.66. The van der Waals surface area contributed by atoms with Crippen LogP contribution in [0.1, 0.15) is 16.9 Å². The maximum absolute atomic E-state index is 6.07. The molecule has 162 valence electrons.